The zero-order chi connectivity index (χ0) is 20.1. The molecule has 0 saturated carbocycles. The molecular weight excluding hydrogens is 376 g/mol. The number of anilines is 1. The van der Waals surface area contributed by atoms with Crippen LogP contribution in [-0.4, -0.2) is 15.8 Å². The lowest BCUT2D eigenvalue weighted by atomic mass is 10.1. The van der Waals surface area contributed by atoms with Crippen molar-refractivity contribution in [3.05, 3.63) is 74.6 Å². The molecule has 1 amide bonds. The first-order valence-electron chi connectivity index (χ1n) is 8.16. The molecule has 1 aromatic heterocycles. The van der Waals surface area contributed by atoms with E-state index in [0.717, 1.165) is 11.1 Å². The Bertz CT molecular complexity index is 1090. The molecule has 138 valence electrons. The standard InChI is InChI=1S/C20H14N4O3S/c1-13(25)22-17-6-2-14(3-7-17)10-16(11-21)20-23-19(12-28-20)15-4-8-18(9-5-15)24(26)27/h2-10,12H,1H3,(H,22,25)/b16-10-. The number of nitro benzene ring substituents is 1. The topological polar surface area (TPSA) is 109 Å². The Kier molecular flexibility index (Phi) is 5.58. The predicted molar refractivity (Wildman–Crippen MR) is 108 cm³/mol. The minimum absolute atomic E-state index is 0.0134. The molecule has 3 rings (SSSR count). The van der Waals surface area contributed by atoms with E-state index in [9.17, 15) is 20.2 Å². The van der Waals surface area contributed by atoms with E-state index in [1.807, 2.05) is 5.38 Å². The zero-order valence-electron chi connectivity index (χ0n) is 14.7. The van der Waals surface area contributed by atoms with E-state index in [-0.39, 0.29) is 11.6 Å². The number of aromatic nitrogens is 1. The molecule has 1 N–H and O–H groups in total. The number of thiazole rings is 1. The molecule has 0 unspecified atom stereocenters. The van der Waals surface area contributed by atoms with Gasteiger partial charge in [-0.05, 0) is 35.9 Å². The number of hydrogen-bond donors (Lipinski definition) is 1. The summed E-state index contributed by atoms with van der Waals surface area (Å²) in [5.74, 6) is -0.150. The molecule has 28 heavy (non-hydrogen) atoms. The van der Waals surface area contributed by atoms with Crippen LogP contribution in [0.5, 0.6) is 0 Å². The molecule has 0 bridgehead atoms. The summed E-state index contributed by atoms with van der Waals surface area (Å²) >= 11 is 1.33. The number of carbonyl (C=O) groups is 1. The summed E-state index contributed by atoms with van der Waals surface area (Å²) in [6.07, 6.45) is 1.72. The Balaban J connectivity index is 1.83. The van der Waals surface area contributed by atoms with E-state index < -0.39 is 4.92 Å². The average molecular weight is 390 g/mol. The van der Waals surface area contributed by atoms with Crippen molar-refractivity contribution in [2.45, 2.75) is 6.92 Å². The van der Waals surface area contributed by atoms with Gasteiger partial charge >= 0.3 is 0 Å². The largest absolute Gasteiger partial charge is 0.326 e. The molecular formula is C20H14N4O3S. The molecule has 0 radical (unpaired) electrons. The van der Waals surface area contributed by atoms with Crippen LogP contribution in [0.4, 0.5) is 11.4 Å². The SMILES string of the molecule is CC(=O)Nc1ccc(/C=C(/C#N)c2nc(-c3ccc([N+](=O)[O-])cc3)cs2)cc1. The van der Waals surface area contributed by atoms with E-state index in [2.05, 4.69) is 16.4 Å². The maximum Gasteiger partial charge on any atom is 0.269 e. The normalized spacial score (nSPS) is 10.9. The molecule has 8 heteroatoms. The van der Waals surface area contributed by atoms with Gasteiger partial charge in [-0.1, -0.05) is 12.1 Å². The highest BCUT2D eigenvalue weighted by molar-refractivity contribution is 7.11. The quantitative estimate of drug-likeness (QED) is 0.384. The Hall–Kier alpha value is -3.83. The highest BCUT2D eigenvalue weighted by Crippen LogP contribution is 2.28. The van der Waals surface area contributed by atoms with Crippen LogP contribution in [0.2, 0.25) is 0 Å². The molecule has 0 spiro atoms. The van der Waals surface area contributed by atoms with Crippen molar-refractivity contribution >= 4 is 40.3 Å². The molecule has 0 aliphatic heterocycles. The van der Waals surface area contributed by atoms with Crippen LogP contribution in [-0.2, 0) is 4.79 Å². The van der Waals surface area contributed by atoms with E-state index in [4.69, 9.17) is 0 Å². The van der Waals surface area contributed by atoms with Gasteiger partial charge in [-0.25, -0.2) is 4.98 Å². The third-order valence-electron chi connectivity index (χ3n) is 3.77. The number of allylic oxidation sites excluding steroid dienone is 1. The summed E-state index contributed by atoms with van der Waals surface area (Å²) in [4.78, 5) is 25.9. The van der Waals surface area contributed by atoms with Crippen molar-refractivity contribution < 1.29 is 9.72 Å². The lowest BCUT2D eigenvalue weighted by Gasteiger charge is -2.02. The Morgan fingerprint density at radius 3 is 2.46 bits per heavy atom. The molecule has 0 fully saturated rings. The van der Waals surface area contributed by atoms with Crippen LogP contribution in [0, 0.1) is 21.4 Å². The van der Waals surface area contributed by atoms with E-state index in [0.29, 0.717) is 22.0 Å². The Labute approximate surface area is 164 Å². The van der Waals surface area contributed by atoms with Crippen LogP contribution < -0.4 is 5.32 Å². The van der Waals surface area contributed by atoms with Crippen LogP contribution >= 0.6 is 11.3 Å². The van der Waals surface area contributed by atoms with Crippen LogP contribution in [0.25, 0.3) is 22.9 Å². The number of nitrogens with zero attached hydrogens (tertiary/aromatic N) is 3. The summed E-state index contributed by atoms with van der Waals surface area (Å²) in [6, 6.07) is 15.4. The van der Waals surface area contributed by atoms with Gasteiger partial charge in [0.2, 0.25) is 5.91 Å². The predicted octanol–water partition coefficient (Wildman–Crippen LogP) is 4.74. The van der Waals surface area contributed by atoms with Gasteiger partial charge in [-0.15, -0.1) is 11.3 Å². The number of non-ortho nitro benzene ring substituents is 1. The second kappa shape index (κ2) is 8.24. The summed E-state index contributed by atoms with van der Waals surface area (Å²) in [7, 11) is 0. The fourth-order valence-electron chi connectivity index (χ4n) is 2.46. The fraction of sp³-hybridized carbons (Fsp3) is 0.0500. The van der Waals surface area contributed by atoms with Gasteiger partial charge in [0.1, 0.15) is 11.1 Å². The third kappa shape index (κ3) is 4.47. The summed E-state index contributed by atoms with van der Waals surface area (Å²) < 4.78 is 0. The summed E-state index contributed by atoms with van der Waals surface area (Å²) in [6.45, 7) is 1.44. The first kappa shape index (κ1) is 18.9. The zero-order valence-corrected chi connectivity index (χ0v) is 15.6. The lowest BCUT2D eigenvalue weighted by Crippen LogP contribution is -2.05. The van der Waals surface area contributed by atoms with Gasteiger partial charge < -0.3 is 5.32 Å². The number of carbonyl (C=O) groups excluding carboxylic acids is 1. The Morgan fingerprint density at radius 1 is 1.21 bits per heavy atom. The molecule has 0 aliphatic carbocycles. The summed E-state index contributed by atoms with van der Waals surface area (Å²) in [5.41, 5.74) is 3.29. The Morgan fingerprint density at radius 2 is 1.89 bits per heavy atom. The molecule has 3 aromatic rings. The van der Waals surface area contributed by atoms with Gasteiger partial charge in [-0.3, -0.25) is 14.9 Å². The maximum atomic E-state index is 11.1. The molecule has 1 heterocycles. The minimum Gasteiger partial charge on any atom is -0.326 e. The second-order valence-corrected chi connectivity index (χ2v) is 6.67. The van der Waals surface area contributed by atoms with Crippen molar-refractivity contribution in [1.82, 2.24) is 4.98 Å². The van der Waals surface area contributed by atoms with Gasteiger partial charge in [-0.2, -0.15) is 5.26 Å². The third-order valence-corrected chi connectivity index (χ3v) is 4.65. The van der Waals surface area contributed by atoms with Crippen LogP contribution in [0.15, 0.2) is 53.9 Å². The number of benzene rings is 2. The molecule has 7 nitrogen and oxygen atoms in total. The maximum absolute atomic E-state index is 11.1. The van der Waals surface area contributed by atoms with Crippen LogP contribution in [0.1, 0.15) is 17.5 Å². The van der Waals surface area contributed by atoms with Crippen molar-refractivity contribution in [2.75, 3.05) is 5.32 Å². The first-order chi connectivity index (χ1) is 13.5. The van der Waals surface area contributed by atoms with Crippen molar-refractivity contribution in [1.29, 1.82) is 5.26 Å². The molecule has 0 atom stereocenters. The van der Waals surface area contributed by atoms with Gasteiger partial charge in [0.05, 0.1) is 16.2 Å². The van der Waals surface area contributed by atoms with Crippen molar-refractivity contribution in [3.63, 3.8) is 0 Å². The lowest BCUT2D eigenvalue weighted by molar-refractivity contribution is -0.384. The number of hydrogen-bond acceptors (Lipinski definition) is 6. The molecule has 0 aliphatic rings. The number of amides is 1. The number of nitrogens with one attached hydrogen (secondary N) is 1. The highest BCUT2D eigenvalue weighted by atomic mass is 32.1. The van der Waals surface area contributed by atoms with Crippen molar-refractivity contribution in [2.24, 2.45) is 0 Å². The average Bonchev–Trinajstić information content (AvgIpc) is 3.17. The van der Waals surface area contributed by atoms with E-state index >= 15 is 0 Å². The van der Waals surface area contributed by atoms with Gasteiger partial charge in [0, 0.05) is 35.7 Å². The highest BCUT2D eigenvalue weighted by Gasteiger charge is 2.11. The smallest absolute Gasteiger partial charge is 0.269 e. The van der Waals surface area contributed by atoms with E-state index in [1.54, 1.807) is 42.5 Å². The van der Waals surface area contributed by atoms with Crippen LogP contribution in [0.3, 0.4) is 0 Å². The molecule has 0 saturated heterocycles. The first-order valence-corrected chi connectivity index (χ1v) is 9.04. The number of nitriles is 1. The number of rotatable bonds is 5. The van der Waals surface area contributed by atoms with Gasteiger partial charge in [0.15, 0.2) is 0 Å². The monoisotopic (exact) mass is 390 g/mol. The van der Waals surface area contributed by atoms with Crippen molar-refractivity contribution in [3.8, 4) is 17.3 Å². The van der Waals surface area contributed by atoms with E-state index in [1.165, 1.54) is 30.4 Å². The fourth-order valence-corrected chi connectivity index (χ4v) is 3.25. The molecule has 2 aromatic carbocycles. The second-order valence-electron chi connectivity index (χ2n) is 5.81. The minimum atomic E-state index is -0.454. The van der Waals surface area contributed by atoms with Gasteiger partial charge in [0.25, 0.3) is 5.69 Å². The number of nitro groups is 1. The summed E-state index contributed by atoms with van der Waals surface area (Å²) in [5, 5.41) is 25.3.